The van der Waals surface area contributed by atoms with E-state index in [2.05, 4.69) is 6.58 Å². The van der Waals surface area contributed by atoms with Crippen molar-refractivity contribution in [2.24, 2.45) is 0 Å². The smallest absolute Gasteiger partial charge is 0.130 e. The van der Waals surface area contributed by atoms with Gasteiger partial charge in [0.15, 0.2) is 0 Å². The Labute approximate surface area is 126 Å². The van der Waals surface area contributed by atoms with Gasteiger partial charge in [0.05, 0.1) is 0 Å². The molecule has 21 heavy (non-hydrogen) atoms. The highest BCUT2D eigenvalue weighted by Crippen LogP contribution is 2.36. The summed E-state index contributed by atoms with van der Waals surface area (Å²) in [5.74, 6) is 0.231. The molecule has 1 atom stereocenters. The number of rotatable bonds is 4. The van der Waals surface area contributed by atoms with Crippen LogP contribution in [0.15, 0.2) is 48.0 Å². The molecule has 1 aromatic carbocycles. The SMILES string of the molecule is [B]c1ccc(F)c2c1CC[C@H]2OC(=CC)/C=C(/O)C(=C)C. The molecule has 108 valence electrons. The first-order valence-corrected chi connectivity index (χ1v) is 6.90. The first-order valence-electron chi connectivity index (χ1n) is 6.90. The number of fused-ring (bicyclic) bond motifs is 1. The predicted molar refractivity (Wildman–Crippen MR) is 83.2 cm³/mol. The molecule has 4 heteroatoms. The molecule has 0 bridgehead atoms. The zero-order valence-corrected chi connectivity index (χ0v) is 12.3. The van der Waals surface area contributed by atoms with Crippen LogP contribution in [0.3, 0.4) is 0 Å². The standard InChI is InChI=1S/C17H18BFO2/c1-4-11(9-15(20)10(2)3)21-16-8-5-12-13(18)6-7-14(19)17(12)16/h4,6-7,9,16,20H,2,5,8H2,1,3H3/b11-4?,15-9+/t16-/m1/s1. The average Bonchev–Trinajstić information content (AvgIpc) is 2.87. The van der Waals surface area contributed by atoms with Gasteiger partial charge < -0.3 is 9.84 Å². The van der Waals surface area contributed by atoms with Crippen LogP contribution >= 0.6 is 0 Å². The van der Waals surface area contributed by atoms with Crippen molar-refractivity contribution in [1.29, 1.82) is 0 Å². The van der Waals surface area contributed by atoms with Gasteiger partial charge in [-0.1, -0.05) is 18.1 Å². The van der Waals surface area contributed by atoms with Crippen molar-refractivity contribution in [3.63, 3.8) is 0 Å². The maximum Gasteiger partial charge on any atom is 0.130 e. The maximum absolute atomic E-state index is 14.0. The van der Waals surface area contributed by atoms with Gasteiger partial charge in [-0.15, -0.1) is 0 Å². The van der Waals surface area contributed by atoms with Gasteiger partial charge in [0, 0.05) is 11.6 Å². The number of halogens is 1. The van der Waals surface area contributed by atoms with Gasteiger partial charge in [0.25, 0.3) is 0 Å². The molecule has 0 amide bonds. The highest BCUT2D eigenvalue weighted by Gasteiger charge is 2.28. The summed E-state index contributed by atoms with van der Waals surface area (Å²) < 4.78 is 19.9. The summed E-state index contributed by atoms with van der Waals surface area (Å²) in [6, 6.07) is 2.95. The van der Waals surface area contributed by atoms with Crippen LogP contribution in [0.5, 0.6) is 0 Å². The lowest BCUT2D eigenvalue weighted by Gasteiger charge is -2.17. The molecule has 1 N–H and O–H groups in total. The van der Waals surface area contributed by atoms with Crippen LogP contribution in [-0.4, -0.2) is 13.0 Å². The number of benzene rings is 1. The van der Waals surface area contributed by atoms with Crippen molar-refractivity contribution in [2.75, 3.05) is 0 Å². The number of allylic oxidation sites excluding steroid dienone is 3. The summed E-state index contributed by atoms with van der Waals surface area (Å²) in [5.41, 5.74) is 2.49. The Bertz CT molecular complexity index is 632. The molecule has 0 fully saturated rings. The molecule has 0 aliphatic heterocycles. The van der Waals surface area contributed by atoms with Crippen LogP contribution < -0.4 is 5.46 Å². The second-order valence-corrected chi connectivity index (χ2v) is 5.17. The first-order chi connectivity index (χ1) is 9.93. The normalized spacial score (nSPS) is 18.5. The highest BCUT2D eigenvalue weighted by atomic mass is 19.1. The van der Waals surface area contributed by atoms with Gasteiger partial charge in [-0.25, -0.2) is 4.39 Å². The van der Waals surface area contributed by atoms with E-state index in [1.165, 1.54) is 12.1 Å². The molecular formula is C17H18BFO2. The largest absolute Gasteiger partial charge is 0.508 e. The monoisotopic (exact) mass is 284 g/mol. The summed E-state index contributed by atoms with van der Waals surface area (Å²) in [7, 11) is 5.89. The molecule has 0 aromatic heterocycles. The van der Waals surface area contributed by atoms with Gasteiger partial charge in [0.2, 0.25) is 0 Å². The number of aliphatic hydroxyl groups is 1. The van der Waals surface area contributed by atoms with Crippen LogP contribution in [0.1, 0.15) is 37.5 Å². The minimum absolute atomic E-state index is 0.0503. The van der Waals surface area contributed by atoms with Crippen molar-refractivity contribution in [3.05, 3.63) is 64.9 Å². The van der Waals surface area contributed by atoms with E-state index in [1.807, 2.05) is 0 Å². The second kappa shape index (κ2) is 6.21. The van der Waals surface area contributed by atoms with E-state index in [0.29, 0.717) is 35.2 Å². The van der Waals surface area contributed by atoms with E-state index in [1.54, 1.807) is 26.0 Å². The van der Waals surface area contributed by atoms with Gasteiger partial charge in [0.1, 0.15) is 31.3 Å². The summed E-state index contributed by atoms with van der Waals surface area (Å²) in [4.78, 5) is 0. The lowest BCUT2D eigenvalue weighted by atomic mass is 9.88. The first kappa shape index (κ1) is 15.4. The van der Waals surface area contributed by atoms with Crippen LogP contribution in [-0.2, 0) is 11.2 Å². The Kier molecular flexibility index (Phi) is 4.56. The fourth-order valence-corrected chi connectivity index (χ4v) is 2.43. The lowest BCUT2D eigenvalue weighted by Crippen LogP contribution is -2.12. The Hall–Kier alpha value is -1.97. The maximum atomic E-state index is 14.0. The Morgan fingerprint density at radius 1 is 1.52 bits per heavy atom. The number of ether oxygens (including phenoxy) is 1. The van der Waals surface area contributed by atoms with E-state index >= 15 is 0 Å². The highest BCUT2D eigenvalue weighted by molar-refractivity contribution is 6.33. The molecule has 0 saturated heterocycles. The van der Waals surface area contributed by atoms with Gasteiger partial charge >= 0.3 is 0 Å². The number of hydrogen-bond donors (Lipinski definition) is 1. The molecule has 0 heterocycles. The fourth-order valence-electron chi connectivity index (χ4n) is 2.43. The van der Waals surface area contributed by atoms with Crippen molar-refractivity contribution in [2.45, 2.75) is 32.8 Å². The van der Waals surface area contributed by atoms with E-state index in [4.69, 9.17) is 12.6 Å². The van der Waals surface area contributed by atoms with Gasteiger partial charge in [-0.2, -0.15) is 0 Å². The second-order valence-electron chi connectivity index (χ2n) is 5.17. The minimum atomic E-state index is -0.385. The zero-order valence-electron chi connectivity index (χ0n) is 12.3. The molecule has 2 radical (unpaired) electrons. The molecule has 1 aliphatic rings. The average molecular weight is 284 g/mol. The predicted octanol–water partition coefficient (Wildman–Crippen LogP) is 3.55. The van der Waals surface area contributed by atoms with E-state index in [0.717, 1.165) is 5.56 Å². The molecule has 0 saturated carbocycles. The van der Waals surface area contributed by atoms with Crippen molar-refractivity contribution >= 4 is 13.3 Å². The van der Waals surface area contributed by atoms with Crippen molar-refractivity contribution in [3.8, 4) is 0 Å². The Morgan fingerprint density at radius 2 is 2.24 bits per heavy atom. The third-order valence-electron chi connectivity index (χ3n) is 3.60. The summed E-state index contributed by atoms with van der Waals surface area (Å²) >= 11 is 0. The van der Waals surface area contributed by atoms with Gasteiger partial charge in [-0.05, 0) is 50.0 Å². The Morgan fingerprint density at radius 3 is 2.86 bits per heavy atom. The van der Waals surface area contributed by atoms with Crippen molar-refractivity contribution < 1.29 is 14.2 Å². The fraction of sp³-hybridized carbons (Fsp3) is 0.294. The molecule has 0 spiro atoms. The summed E-state index contributed by atoms with van der Waals surface area (Å²) in [6.45, 7) is 7.15. The quantitative estimate of drug-likeness (QED) is 0.520. The number of aliphatic hydroxyl groups excluding tert-OH is 1. The van der Waals surface area contributed by atoms with Gasteiger partial charge in [-0.3, -0.25) is 0 Å². The molecule has 1 aromatic rings. The third kappa shape index (κ3) is 3.21. The third-order valence-corrected chi connectivity index (χ3v) is 3.60. The van der Waals surface area contributed by atoms with E-state index in [9.17, 15) is 9.50 Å². The molecule has 0 unspecified atom stereocenters. The number of hydrogen-bond acceptors (Lipinski definition) is 2. The van der Waals surface area contributed by atoms with E-state index in [-0.39, 0.29) is 17.7 Å². The lowest BCUT2D eigenvalue weighted by molar-refractivity contribution is 0.123. The molecule has 1 aliphatic carbocycles. The van der Waals surface area contributed by atoms with Crippen LogP contribution in [0.25, 0.3) is 0 Å². The zero-order chi connectivity index (χ0) is 15.6. The van der Waals surface area contributed by atoms with Crippen LogP contribution in [0.4, 0.5) is 4.39 Å². The topological polar surface area (TPSA) is 29.5 Å². The molecule has 2 rings (SSSR count). The minimum Gasteiger partial charge on any atom is -0.508 e. The molecular weight excluding hydrogens is 266 g/mol. The van der Waals surface area contributed by atoms with Crippen LogP contribution in [0, 0.1) is 5.82 Å². The van der Waals surface area contributed by atoms with Crippen molar-refractivity contribution in [1.82, 2.24) is 0 Å². The van der Waals surface area contributed by atoms with E-state index < -0.39 is 0 Å². The Balaban J connectivity index is 2.26. The summed E-state index contributed by atoms with van der Waals surface area (Å²) in [5, 5.41) is 9.74. The molecule has 2 nitrogen and oxygen atoms in total. The van der Waals surface area contributed by atoms with Crippen LogP contribution in [0.2, 0.25) is 0 Å². The summed E-state index contributed by atoms with van der Waals surface area (Å²) in [6.07, 6.45) is 4.19.